The highest BCUT2D eigenvalue weighted by molar-refractivity contribution is 6.33. The maximum Gasteiger partial charge on any atom is 0.0663 e. The van der Waals surface area contributed by atoms with Crippen LogP contribution in [0.3, 0.4) is 0 Å². The zero-order chi connectivity index (χ0) is 13.5. The fourth-order valence-corrected chi connectivity index (χ4v) is 2.54. The highest BCUT2D eigenvalue weighted by Gasteiger charge is 2.18. The minimum Gasteiger partial charge on any atom is -0.383 e. The van der Waals surface area contributed by atoms with Crippen LogP contribution in [0.5, 0.6) is 0 Å². The summed E-state index contributed by atoms with van der Waals surface area (Å²) in [5, 5.41) is 3.98. The van der Waals surface area contributed by atoms with Crippen LogP contribution >= 0.6 is 11.6 Å². The Labute approximate surface area is 115 Å². The predicted molar refractivity (Wildman–Crippen MR) is 78.6 cm³/mol. The van der Waals surface area contributed by atoms with E-state index in [0.29, 0.717) is 12.6 Å². The van der Waals surface area contributed by atoms with Crippen LogP contribution in [-0.2, 0) is 11.3 Å². The van der Waals surface area contributed by atoms with E-state index in [1.807, 2.05) is 19.2 Å². The van der Waals surface area contributed by atoms with E-state index in [9.17, 15) is 0 Å². The van der Waals surface area contributed by atoms with Crippen LogP contribution < -0.4 is 10.2 Å². The molecule has 0 aliphatic rings. The number of likely N-dealkylation sites (N-methyl/N-ethyl adjacent to an activating group) is 1. The number of anilines is 1. The van der Waals surface area contributed by atoms with Crippen molar-refractivity contribution in [1.82, 2.24) is 5.32 Å². The Hall–Kier alpha value is -0.770. The highest BCUT2D eigenvalue weighted by Crippen LogP contribution is 2.31. The van der Waals surface area contributed by atoms with Gasteiger partial charge in [0, 0.05) is 26.2 Å². The number of hydrogen-bond donors (Lipinski definition) is 1. The molecule has 1 atom stereocenters. The van der Waals surface area contributed by atoms with Crippen LogP contribution in [0.4, 0.5) is 5.69 Å². The molecule has 0 spiro atoms. The van der Waals surface area contributed by atoms with Gasteiger partial charge in [-0.25, -0.2) is 0 Å². The smallest absolute Gasteiger partial charge is 0.0663 e. The molecule has 1 unspecified atom stereocenters. The van der Waals surface area contributed by atoms with Gasteiger partial charge in [-0.05, 0) is 32.5 Å². The third kappa shape index (κ3) is 3.61. The second-order valence-electron chi connectivity index (χ2n) is 4.37. The van der Waals surface area contributed by atoms with Gasteiger partial charge in [-0.3, -0.25) is 0 Å². The molecule has 0 aromatic heterocycles. The van der Waals surface area contributed by atoms with E-state index >= 15 is 0 Å². The quantitative estimate of drug-likeness (QED) is 0.825. The molecule has 0 aliphatic carbocycles. The summed E-state index contributed by atoms with van der Waals surface area (Å²) in [5.74, 6) is 0. The molecule has 0 saturated carbocycles. The number of benzene rings is 1. The second kappa shape index (κ2) is 7.62. The number of ether oxygens (including phenoxy) is 1. The number of para-hydroxylation sites is 1. The Morgan fingerprint density at radius 1 is 1.44 bits per heavy atom. The first kappa shape index (κ1) is 15.3. The Balaban J connectivity index is 3.10. The lowest BCUT2D eigenvalue weighted by atomic mass is 10.1. The number of halogens is 1. The van der Waals surface area contributed by atoms with Gasteiger partial charge in [-0.1, -0.05) is 23.7 Å². The molecule has 0 heterocycles. The minimum absolute atomic E-state index is 0.301. The van der Waals surface area contributed by atoms with Crippen molar-refractivity contribution >= 4 is 17.3 Å². The molecule has 1 aromatic rings. The van der Waals surface area contributed by atoms with Crippen LogP contribution in [0.15, 0.2) is 18.2 Å². The van der Waals surface area contributed by atoms with Crippen LogP contribution in [-0.4, -0.2) is 33.4 Å². The lowest BCUT2D eigenvalue weighted by molar-refractivity contribution is 0.182. The average molecular weight is 271 g/mol. The number of nitrogens with one attached hydrogen (secondary N) is 1. The molecule has 0 saturated heterocycles. The fraction of sp³-hybridized carbons (Fsp3) is 0.571. The SMILES string of the molecule is CCN(c1c(Cl)cccc1CNC)C(C)COC. The molecule has 1 rings (SSSR count). The normalized spacial score (nSPS) is 12.5. The van der Waals surface area contributed by atoms with E-state index in [1.165, 1.54) is 5.56 Å². The van der Waals surface area contributed by atoms with Gasteiger partial charge >= 0.3 is 0 Å². The van der Waals surface area contributed by atoms with Crippen molar-refractivity contribution in [2.45, 2.75) is 26.4 Å². The molecule has 3 nitrogen and oxygen atoms in total. The van der Waals surface area contributed by atoms with E-state index in [1.54, 1.807) is 7.11 Å². The molecule has 1 N–H and O–H groups in total. The Morgan fingerprint density at radius 2 is 2.17 bits per heavy atom. The van der Waals surface area contributed by atoms with Gasteiger partial charge in [-0.2, -0.15) is 0 Å². The predicted octanol–water partition coefficient (Wildman–Crippen LogP) is 2.92. The molecule has 0 radical (unpaired) electrons. The van der Waals surface area contributed by atoms with Crippen molar-refractivity contribution in [1.29, 1.82) is 0 Å². The van der Waals surface area contributed by atoms with Crippen molar-refractivity contribution < 1.29 is 4.74 Å². The summed E-state index contributed by atoms with van der Waals surface area (Å²) < 4.78 is 5.25. The number of rotatable bonds is 7. The molecule has 1 aromatic carbocycles. The second-order valence-corrected chi connectivity index (χ2v) is 4.78. The van der Waals surface area contributed by atoms with E-state index in [0.717, 1.165) is 23.8 Å². The van der Waals surface area contributed by atoms with Gasteiger partial charge in [-0.15, -0.1) is 0 Å². The first-order valence-electron chi connectivity index (χ1n) is 6.33. The minimum atomic E-state index is 0.301. The van der Waals surface area contributed by atoms with E-state index in [-0.39, 0.29) is 0 Å². The van der Waals surface area contributed by atoms with Crippen LogP contribution in [0, 0.1) is 0 Å². The summed E-state index contributed by atoms with van der Waals surface area (Å²) in [6, 6.07) is 6.35. The average Bonchev–Trinajstić information content (AvgIpc) is 2.34. The summed E-state index contributed by atoms with van der Waals surface area (Å²) >= 11 is 6.37. The summed E-state index contributed by atoms with van der Waals surface area (Å²) in [7, 11) is 3.67. The highest BCUT2D eigenvalue weighted by atomic mass is 35.5. The molecule has 0 amide bonds. The molecule has 0 fully saturated rings. The molecule has 0 bridgehead atoms. The van der Waals surface area contributed by atoms with Gasteiger partial charge < -0.3 is 15.0 Å². The van der Waals surface area contributed by atoms with Crippen molar-refractivity contribution in [2.75, 3.05) is 32.2 Å². The van der Waals surface area contributed by atoms with Crippen molar-refractivity contribution in [3.05, 3.63) is 28.8 Å². The van der Waals surface area contributed by atoms with E-state index in [4.69, 9.17) is 16.3 Å². The Bertz CT molecular complexity index is 371. The Morgan fingerprint density at radius 3 is 2.72 bits per heavy atom. The monoisotopic (exact) mass is 270 g/mol. The van der Waals surface area contributed by atoms with Gasteiger partial charge in [0.15, 0.2) is 0 Å². The van der Waals surface area contributed by atoms with Crippen molar-refractivity contribution in [3.63, 3.8) is 0 Å². The number of methoxy groups -OCH3 is 1. The van der Waals surface area contributed by atoms with Crippen LogP contribution in [0.2, 0.25) is 5.02 Å². The summed E-state index contributed by atoms with van der Waals surface area (Å²) in [6.07, 6.45) is 0. The molecule has 102 valence electrons. The zero-order valence-electron chi connectivity index (χ0n) is 11.7. The van der Waals surface area contributed by atoms with Gasteiger partial charge in [0.25, 0.3) is 0 Å². The summed E-state index contributed by atoms with van der Waals surface area (Å²) in [6.45, 7) is 6.70. The lowest BCUT2D eigenvalue weighted by Gasteiger charge is -2.32. The topological polar surface area (TPSA) is 24.5 Å². The maximum atomic E-state index is 6.37. The Kier molecular flexibility index (Phi) is 6.47. The summed E-state index contributed by atoms with van der Waals surface area (Å²) in [4.78, 5) is 2.29. The standard InChI is InChI=1S/C14H23ClN2O/c1-5-17(11(2)10-18-4)14-12(9-16-3)7-6-8-13(14)15/h6-8,11,16H,5,9-10H2,1-4H3. The van der Waals surface area contributed by atoms with E-state index < -0.39 is 0 Å². The van der Waals surface area contributed by atoms with E-state index in [2.05, 4.69) is 30.1 Å². The first-order chi connectivity index (χ1) is 8.65. The van der Waals surface area contributed by atoms with Crippen LogP contribution in [0.1, 0.15) is 19.4 Å². The summed E-state index contributed by atoms with van der Waals surface area (Å²) in [5.41, 5.74) is 2.33. The van der Waals surface area contributed by atoms with Crippen LogP contribution in [0.25, 0.3) is 0 Å². The van der Waals surface area contributed by atoms with Gasteiger partial charge in [0.2, 0.25) is 0 Å². The largest absolute Gasteiger partial charge is 0.383 e. The van der Waals surface area contributed by atoms with Gasteiger partial charge in [0.1, 0.15) is 0 Å². The molecular weight excluding hydrogens is 248 g/mol. The maximum absolute atomic E-state index is 6.37. The lowest BCUT2D eigenvalue weighted by Crippen LogP contribution is -2.37. The molecule has 0 aliphatic heterocycles. The fourth-order valence-electron chi connectivity index (χ4n) is 2.24. The van der Waals surface area contributed by atoms with Crippen molar-refractivity contribution in [3.8, 4) is 0 Å². The number of nitrogens with zero attached hydrogens (tertiary/aromatic N) is 1. The number of hydrogen-bond acceptors (Lipinski definition) is 3. The third-order valence-electron chi connectivity index (χ3n) is 3.01. The molecular formula is C14H23ClN2O. The first-order valence-corrected chi connectivity index (χ1v) is 6.71. The van der Waals surface area contributed by atoms with Crippen molar-refractivity contribution in [2.24, 2.45) is 0 Å². The zero-order valence-corrected chi connectivity index (χ0v) is 12.4. The van der Waals surface area contributed by atoms with Gasteiger partial charge in [0.05, 0.1) is 17.3 Å². The molecule has 4 heteroatoms. The third-order valence-corrected chi connectivity index (χ3v) is 3.31. The molecule has 18 heavy (non-hydrogen) atoms.